The Bertz CT molecular complexity index is 254. The molecule has 1 amide bonds. The summed E-state index contributed by atoms with van der Waals surface area (Å²) >= 11 is 0. The van der Waals surface area contributed by atoms with Gasteiger partial charge in [0.2, 0.25) is 5.91 Å². The van der Waals surface area contributed by atoms with Crippen LogP contribution in [0.15, 0.2) is 0 Å². The van der Waals surface area contributed by atoms with Crippen LogP contribution in [0.25, 0.3) is 0 Å². The molecule has 5 heteroatoms. The first-order valence-corrected chi connectivity index (χ1v) is 7.15. The van der Waals surface area contributed by atoms with Crippen molar-refractivity contribution in [3.8, 4) is 0 Å². The largest absolute Gasteiger partial charge is 0.350 e. The molecule has 0 saturated heterocycles. The van der Waals surface area contributed by atoms with E-state index < -0.39 is 10.8 Å². The maximum Gasteiger partial charge on any atom is 0.233 e. The third kappa shape index (κ3) is 6.95. The van der Waals surface area contributed by atoms with Gasteiger partial charge < -0.3 is 11.1 Å². The average Bonchev–Trinajstić information content (AvgIpc) is 2.16. The van der Waals surface area contributed by atoms with E-state index in [0.29, 0.717) is 12.3 Å². The minimum absolute atomic E-state index is 0.0772. The first-order chi connectivity index (χ1) is 7.30. The summed E-state index contributed by atoms with van der Waals surface area (Å²) < 4.78 is 11.6. The third-order valence-corrected chi connectivity index (χ3v) is 4.05. The number of nitrogens with two attached hydrogens (primary N) is 1. The molecule has 0 aromatic rings. The smallest absolute Gasteiger partial charge is 0.233 e. The van der Waals surface area contributed by atoms with Crippen LogP contribution in [0.3, 0.4) is 0 Å². The Kier molecular flexibility index (Phi) is 6.83. The summed E-state index contributed by atoms with van der Waals surface area (Å²) in [4.78, 5) is 11.6. The van der Waals surface area contributed by atoms with Crippen LogP contribution in [0.1, 0.15) is 34.1 Å². The van der Waals surface area contributed by atoms with Crippen molar-refractivity contribution in [1.29, 1.82) is 0 Å². The molecule has 0 aliphatic carbocycles. The van der Waals surface area contributed by atoms with E-state index in [0.717, 1.165) is 6.42 Å². The third-order valence-electron chi connectivity index (χ3n) is 2.53. The number of carbonyl (C=O) groups is 1. The number of carbonyl (C=O) groups excluding carboxylic acids is 1. The standard InChI is InChI=1S/C11H24N2O2S/c1-5-11(3,4)13-10(14)8-16(15)7-9(2)6-12/h9H,5-8,12H2,1-4H3,(H,13,14). The predicted octanol–water partition coefficient (Wildman–Crippen LogP) is 0.635. The summed E-state index contributed by atoms with van der Waals surface area (Å²) in [5, 5.41) is 2.86. The second-order valence-corrected chi connectivity index (χ2v) is 6.38. The molecule has 0 aromatic carbocycles. The molecule has 96 valence electrons. The van der Waals surface area contributed by atoms with Crippen molar-refractivity contribution >= 4 is 16.7 Å². The molecule has 0 rings (SSSR count). The van der Waals surface area contributed by atoms with Gasteiger partial charge in [-0.05, 0) is 32.7 Å². The van der Waals surface area contributed by atoms with Crippen LogP contribution in [-0.4, -0.2) is 33.7 Å². The first kappa shape index (κ1) is 15.6. The zero-order valence-electron chi connectivity index (χ0n) is 10.7. The first-order valence-electron chi connectivity index (χ1n) is 5.66. The van der Waals surface area contributed by atoms with Crippen molar-refractivity contribution in [2.45, 2.75) is 39.7 Å². The fraction of sp³-hybridized carbons (Fsp3) is 0.909. The molecule has 0 aliphatic rings. The molecule has 3 N–H and O–H groups in total. The van der Waals surface area contributed by atoms with Crippen molar-refractivity contribution in [3.63, 3.8) is 0 Å². The Morgan fingerprint density at radius 3 is 2.50 bits per heavy atom. The van der Waals surface area contributed by atoms with E-state index >= 15 is 0 Å². The van der Waals surface area contributed by atoms with Gasteiger partial charge in [-0.3, -0.25) is 9.00 Å². The second-order valence-electron chi connectivity index (χ2n) is 4.88. The zero-order chi connectivity index (χ0) is 12.8. The van der Waals surface area contributed by atoms with Crippen LogP contribution in [0.2, 0.25) is 0 Å². The lowest BCUT2D eigenvalue weighted by Gasteiger charge is -2.24. The van der Waals surface area contributed by atoms with Gasteiger partial charge in [0, 0.05) is 22.1 Å². The van der Waals surface area contributed by atoms with E-state index in [9.17, 15) is 9.00 Å². The summed E-state index contributed by atoms with van der Waals surface area (Å²) in [5.41, 5.74) is 5.22. The molecule has 2 unspecified atom stereocenters. The number of hydrogen-bond donors (Lipinski definition) is 2. The van der Waals surface area contributed by atoms with Crippen molar-refractivity contribution in [1.82, 2.24) is 5.32 Å². The van der Waals surface area contributed by atoms with Crippen LogP contribution in [0.4, 0.5) is 0 Å². The monoisotopic (exact) mass is 248 g/mol. The van der Waals surface area contributed by atoms with E-state index in [2.05, 4.69) is 5.32 Å². The molecule has 0 spiro atoms. The van der Waals surface area contributed by atoms with Gasteiger partial charge >= 0.3 is 0 Å². The molecule has 16 heavy (non-hydrogen) atoms. The van der Waals surface area contributed by atoms with Crippen LogP contribution < -0.4 is 11.1 Å². The molecular formula is C11H24N2O2S. The lowest BCUT2D eigenvalue weighted by atomic mass is 10.0. The minimum atomic E-state index is -1.11. The Labute approximate surface area is 101 Å². The van der Waals surface area contributed by atoms with Gasteiger partial charge in [-0.15, -0.1) is 0 Å². The normalized spacial score (nSPS) is 15.6. The summed E-state index contributed by atoms with van der Waals surface area (Å²) in [7, 11) is -1.11. The SMILES string of the molecule is CCC(C)(C)NC(=O)CS(=O)CC(C)CN. The van der Waals surface area contributed by atoms with Gasteiger partial charge in [-0.1, -0.05) is 13.8 Å². The molecule has 4 nitrogen and oxygen atoms in total. The van der Waals surface area contributed by atoms with E-state index in [4.69, 9.17) is 5.73 Å². The number of nitrogens with one attached hydrogen (secondary N) is 1. The molecule has 0 fully saturated rings. The lowest BCUT2D eigenvalue weighted by Crippen LogP contribution is -2.45. The Balaban J connectivity index is 4.01. The van der Waals surface area contributed by atoms with Gasteiger partial charge in [-0.2, -0.15) is 0 Å². The summed E-state index contributed by atoms with van der Waals surface area (Å²) in [6.45, 7) is 8.36. The van der Waals surface area contributed by atoms with E-state index in [-0.39, 0.29) is 23.1 Å². The minimum Gasteiger partial charge on any atom is -0.350 e. The molecular weight excluding hydrogens is 224 g/mol. The molecule has 0 radical (unpaired) electrons. The highest BCUT2D eigenvalue weighted by molar-refractivity contribution is 7.85. The van der Waals surface area contributed by atoms with Gasteiger partial charge in [0.05, 0.1) is 0 Å². The van der Waals surface area contributed by atoms with E-state index in [1.165, 1.54) is 0 Å². The van der Waals surface area contributed by atoms with E-state index in [1.54, 1.807) is 0 Å². The van der Waals surface area contributed by atoms with Crippen LogP contribution >= 0.6 is 0 Å². The maximum atomic E-state index is 11.6. The Morgan fingerprint density at radius 1 is 1.50 bits per heavy atom. The summed E-state index contributed by atoms with van der Waals surface area (Å²) in [6.07, 6.45) is 0.852. The van der Waals surface area contributed by atoms with Gasteiger partial charge in [0.1, 0.15) is 5.75 Å². The summed E-state index contributed by atoms with van der Waals surface area (Å²) in [6, 6.07) is 0. The van der Waals surface area contributed by atoms with E-state index in [1.807, 2.05) is 27.7 Å². The van der Waals surface area contributed by atoms with Crippen molar-refractivity contribution in [3.05, 3.63) is 0 Å². The Morgan fingerprint density at radius 2 is 2.06 bits per heavy atom. The molecule has 0 aromatic heterocycles. The molecule has 2 atom stereocenters. The fourth-order valence-electron chi connectivity index (χ4n) is 1.09. The van der Waals surface area contributed by atoms with Crippen molar-refractivity contribution in [2.24, 2.45) is 11.7 Å². The molecule has 0 heterocycles. The van der Waals surface area contributed by atoms with Crippen LogP contribution in [0.5, 0.6) is 0 Å². The number of hydrogen-bond acceptors (Lipinski definition) is 3. The highest BCUT2D eigenvalue weighted by Gasteiger charge is 2.19. The number of amides is 1. The zero-order valence-corrected chi connectivity index (χ0v) is 11.5. The van der Waals surface area contributed by atoms with Gasteiger partial charge in [0.25, 0.3) is 0 Å². The molecule has 0 aliphatic heterocycles. The van der Waals surface area contributed by atoms with Crippen molar-refractivity contribution in [2.75, 3.05) is 18.1 Å². The molecule has 0 bridgehead atoms. The lowest BCUT2D eigenvalue weighted by molar-refractivity contribution is -0.120. The van der Waals surface area contributed by atoms with Gasteiger partial charge in [-0.25, -0.2) is 0 Å². The quantitative estimate of drug-likeness (QED) is 0.694. The maximum absolute atomic E-state index is 11.6. The highest BCUT2D eigenvalue weighted by Crippen LogP contribution is 2.06. The topological polar surface area (TPSA) is 72.2 Å². The van der Waals surface area contributed by atoms with Crippen LogP contribution in [-0.2, 0) is 15.6 Å². The average molecular weight is 248 g/mol. The predicted molar refractivity (Wildman–Crippen MR) is 68.6 cm³/mol. The number of rotatable bonds is 7. The van der Waals surface area contributed by atoms with Crippen LogP contribution in [0, 0.1) is 5.92 Å². The summed E-state index contributed by atoms with van der Waals surface area (Å²) in [5.74, 6) is 0.631. The van der Waals surface area contributed by atoms with Crippen molar-refractivity contribution < 1.29 is 9.00 Å². The Hall–Kier alpha value is -0.420. The molecule has 0 saturated carbocycles. The van der Waals surface area contributed by atoms with Gasteiger partial charge in [0.15, 0.2) is 0 Å². The highest BCUT2D eigenvalue weighted by atomic mass is 32.2. The fourth-order valence-corrected chi connectivity index (χ4v) is 2.35. The second kappa shape index (κ2) is 7.01.